The van der Waals surface area contributed by atoms with E-state index >= 15 is 0 Å². The van der Waals surface area contributed by atoms with Gasteiger partial charge in [-0.3, -0.25) is 4.90 Å². The zero-order valence-corrected chi connectivity index (χ0v) is 12.5. The van der Waals surface area contributed by atoms with Crippen LogP contribution < -0.4 is 0 Å². The Kier molecular flexibility index (Phi) is 4.59. The Hall–Kier alpha value is -1.35. The number of rotatable bonds is 6. The van der Waals surface area contributed by atoms with Crippen molar-refractivity contribution >= 4 is 11.0 Å². The molecule has 1 atom stereocenters. The van der Waals surface area contributed by atoms with E-state index in [1.54, 1.807) is 0 Å². The second-order valence-corrected chi connectivity index (χ2v) is 5.66. The first-order valence-corrected chi connectivity index (χ1v) is 7.28. The van der Waals surface area contributed by atoms with Crippen LogP contribution >= 0.6 is 0 Å². The Morgan fingerprint density at radius 2 is 2.00 bits per heavy atom. The summed E-state index contributed by atoms with van der Waals surface area (Å²) >= 11 is 0. The molecule has 0 saturated heterocycles. The van der Waals surface area contributed by atoms with Crippen LogP contribution in [0.25, 0.3) is 11.0 Å². The maximum absolute atomic E-state index is 4.77. The van der Waals surface area contributed by atoms with E-state index in [2.05, 4.69) is 55.9 Å². The fourth-order valence-electron chi connectivity index (χ4n) is 2.69. The number of unbranched alkanes of at least 4 members (excludes halogenated alkanes) is 1. The normalized spacial score (nSPS) is 13.6. The lowest BCUT2D eigenvalue weighted by Crippen LogP contribution is -2.30. The SMILES string of the molecule is CCCCN(C)C(c1nc2ccccc2[nH]1)C(C)C. The summed E-state index contributed by atoms with van der Waals surface area (Å²) in [7, 11) is 2.20. The molecule has 2 aromatic rings. The van der Waals surface area contributed by atoms with Crippen molar-refractivity contribution in [1.82, 2.24) is 14.9 Å². The van der Waals surface area contributed by atoms with Crippen molar-refractivity contribution in [2.75, 3.05) is 13.6 Å². The predicted molar refractivity (Wildman–Crippen MR) is 81.2 cm³/mol. The van der Waals surface area contributed by atoms with E-state index in [0.717, 1.165) is 23.4 Å². The van der Waals surface area contributed by atoms with E-state index in [1.807, 2.05) is 6.07 Å². The summed E-state index contributed by atoms with van der Waals surface area (Å²) in [6.07, 6.45) is 2.47. The Morgan fingerprint density at radius 1 is 1.26 bits per heavy atom. The molecular formula is C16H25N3. The molecule has 3 heteroatoms. The summed E-state index contributed by atoms with van der Waals surface area (Å²) in [5.41, 5.74) is 2.19. The van der Waals surface area contributed by atoms with Gasteiger partial charge in [-0.15, -0.1) is 0 Å². The number of aromatic amines is 1. The van der Waals surface area contributed by atoms with Gasteiger partial charge in [0, 0.05) is 0 Å². The fourth-order valence-corrected chi connectivity index (χ4v) is 2.69. The Balaban J connectivity index is 2.27. The average Bonchev–Trinajstić information content (AvgIpc) is 2.79. The van der Waals surface area contributed by atoms with Gasteiger partial charge in [0.05, 0.1) is 17.1 Å². The zero-order chi connectivity index (χ0) is 13.8. The van der Waals surface area contributed by atoms with Gasteiger partial charge < -0.3 is 4.98 Å². The quantitative estimate of drug-likeness (QED) is 0.850. The van der Waals surface area contributed by atoms with Gasteiger partial charge in [0.15, 0.2) is 0 Å². The van der Waals surface area contributed by atoms with E-state index in [9.17, 15) is 0 Å². The van der Waals surface area contributed by atoms with Gasteiger partial charge in [0.25, 0.3) is 0 Å². The second kappa shape index (κ2) is 6.20. The Morgan fingerprint density at radius 3 is 2.63 bits per heavy atom. The first-order valence-electron chi connectivity index (χ1n) is 7.28. The van der Waals surface area contributed by atoms with E-state index in [-0.39, 0.29) is 0 Å². The third-order valence-electron chi connectivity index (χ3n) is 3.66. The number of nitrogens with one attached hydrogen (secondary N) is 1. The van der Waals surface area contributed by atoms with Crippen LogP contribution in [0.4, 0.5) is 0 Å². The number of hydrogen-bond acceptors (Lipinski definition) is 2. The summed E-state index contributed by atoms with van der Waals surface area (Å²) in [5.74, 6) is 1.64. The number of para-hydroxylation sites is 2. The van der Waals surface area contributed by atoms with Gasteiger partial charge in [0.1, 0.15) is 5.82 Å². The number of imidazole rings is 1. The Bertz CT molecular complexity index is 482. The number of H-pyrrole nitrogens is 1. The molecule has 0 radical (unpaired) electrons. The van der Waals surface area contributed by atoms with Crippen LogP contribution in [0.3, 0.4) is 0 Å². The minimum atomic E-state index is 0.360. The van der Waals surface area contributed by atoms with Crippen molar-refractivity contribution in [3.63, 3.8) is 0 Å². The molecule has 0 fully saturated rings. The largest absolute Gasteiger partial charge is 0.341 e. The summed E-state index contributed by atoms with van der Waals surface area (Å²) in [6, 6.07) is 8.61. The molecule has 0 aliphatic heterocycles. The van der Waals surface area contributed by atoms with Crippen LogP contribution in [-0.4, -0.2) is 28.5 Å². The van der Waals surface area contributed by atoms with E-state index in [4.69, 9.17) is 4.98 Å². The molecule has 1 aromatic carbocycles. The maximum Gasteiger partial charge on any atom is 0.124 e. The summed E-state index contributed by atoms with van der Waals surface area (Å²) < 4.78 is 0. The molecule has 0 aliphatic rings. The highest BCUT2D eigenvalue weighted by Crippen LogP contribution is 2.27. The van der Waals surface area contributed by atoms with Crippen molar-refractivity contribution in [1.29, 1.82) is 0 Å². The van der Waals surface area contributed by atoms with E-state index in [0.29, 0.717) is 12.0 Å². The van der Waals surface area contributed by atoms with Gasteiger partial charge in [-0.25, -0.2) is 4.98 Å². The highest BCUT2D eigenvalue weighted by Gasteiger charge is 2.23. The molecule has 2 rings (SSSR count). The van der Waals surface area contributed by atoms with Crippen LogP contribution in [0.15, 0.2) is 24.3 Å². The number of hydrogen-bond donors (Lipinski definition) is 1. The topological polar surface area (TPSA) is 31.9 Å². The van der Waals surface area contributed by atoms with Crippen LogP contribution in [0.5, 0.6) is 0 Å². The van der Waals surface area contributed by atoms with Gasteiger partial charge in [0.2, 0.25) is 0 Å². The van der Waals surface area contributed by atoms with Crippen molar-refractivity contribution < 1.29 is 0 Å². The van der Waals surface area contributed by atoms with E-state index < -0.39 is 0 Å². The van der Waals surface area contributed by atoms with Crippen LogP contribution in [0.2, 0.25) is 0 Å². The number of nitrogens with zero attached hydrogens (tertiary/aromatic N) is 2. The Labute approximate surface area is 116 Å². The molecule has 0 bridgehead atoms. The molecule has 1 aromatic heterocycles. The number of aromatic nitrogens is 2. The first kappa shape index (κ1) is 14.1. The lowest BCUT2D eigenvalue weighted by molar-refractivity contribution is 0.184. The standard InChI is InChI=1S/C16H25N3/c1-5-6-11-19(4)15(12(2)3)16-17-13-9-7-8-10-14(13)18-16/h7-10,12,15H,5-6,11H2,1-4H3,(H,17,18). The summed E-state index contributed by atoms with van der Waals surface area (Å²) in [6.45, 7) is 7.89. The van der Waals surface area contributed by atoms with E-state index in [1.165, 1.54) is 12.8 Å². The van der Waals surface area contributed by atoms with Crippen molar-refractivity contribution in [3.05, 3.63) is 30.1 Å². The number of benzene rings is 1. The molecule has 19 heavy (non-hydrogen) atoms. The third-order valence-corrected chi connectivity index (χ3v) is 3.66. The highest BCUT2D eigenvalue weighted by atomic mass is 15.2. The minimum absolute atomic E-state index is 0.360. The highest BCUT2D eigenvalue weighted by molar-refractivity contribution is 5.74. The third kappa shape index (κ3) is 3.16. The fraction of sp³-hybridized carbons (Fsp3) is 0.562. The van der Waals surface area contributed by atoms with Gasteiger partial charge >= 0.3 is 0 Å². The van der Waals surface area contributed by atoms with Crippen molar-refractivity contribution in [3.8, 4) is 0 Å². The molecule has 104 valence electrons. The maximum atomic E-state index is 4.77. The molecule has 0 saturated carbocycles. The molecule has 1 N–H and O–H groups in total. The lowest BCUT2D eigenvalue weighted by Gasteiger charge is -2.29. The van der Waals surface area contributed by atoms with Gasteiger partial charge in [-0.1, -0.05) is 39.3 Å². The molecular weight excluding hydrogens is 234 g/mol. The monoisotopic (exact) mass is 259 g/mol. The number of fused-ring (bicyclic) bond motifs is 1. The average molecular weight is 259 g/mol. The zero-order valence-electron chi connectivity index (χ0n) is 12.5. The smallest absolute Gasteiger partial charge is 0.124 e. The minimum Gasteiger partial charge on any atom is -0.341 e. The molecule has 1 unspecified atom stereocenters. The van der Waals surface area contributed by atoms with Crippen molar-refractivity contribution in [2.45, 2.75) is 39.7 Å². The predicted octanol–water partition coefficient (Wildman–Crippen LogP) is 3.99. The van der Waals surface area contributed by atoms with Gasteiger partial charge in [-0.05, 0) is 38.1 Å². The first-order chi connectivity index (χ1) is 9.13. The van der Waals surface area contributed by atoms with Crippen LogP contribution in [-0.2, 0) is 0 Å². The molecule has 1 heterocycles. The second-order valence-electron chi connectivity index (χ2n) is 5.66. The molecule has 0 spiro atoms. The molecule has 0 amide bonds. The summed E-state index contributed by atoms with van der Waals surface area (Å²) in [4.78, 5) is 10.7. The summed E-state index contributed by atoms with van der Waals surface area (Å²) in [5, 5.41) is 0. The lowest BCUT2D eigenvalue weighted by atomic mass is 10.0. The van der Waals surface area contributed by atoms with Crippen LogP contribution in [0, 0.1) is 5.92 Å². The molecule has 0 aliphatic carbocycles. The van der Waals surface area contributed by atoms with Gasteiger partial charge in [-0.2, -0.15) is 0 Å². The van der Waals surface area contributed by atoms with Crippen LogP contribution in [0.1, 0.15) is 45.5 Å². The van der Waals surface area contributed by atoms with Crippen molar-refractivity contribution in [2.24, 2.45) is 5.92 Å². The molecule has 3 nitrogen and oxygen atoms in total.